The van der Waals surface area contributed by atoms with E-state index in [0.29, 0.717) is 0 Å². The lowest BCUT2D eigenvalue weighted by Crippen LogP contribution is -1.68. The molecule has 0 spiro atoms. The summed E-state index contributed by atoms with van der Waals surface area (Å²) in [5.74, 6) is 0. The van der Waals surface area contributed by atoms with Crippen LogP contribution in [0, 0.1) is 0 Å². The summed E-state index contributed by atoms with van der Waals surface area (Å²) in [7, 11) is 0. The van der Waals surface area contributed by atoms with Gasteiger partial charge < -0.3 is 0 Å². The fraction of sp³-hybridized carbons (Fsp3) is 1.00. The maximum Gasteiger partial charge on any atom is 0.174 e. The molecule has 0 saturated carbocycles. The molecule has 0 amide bonds. The summed E-state index contributed by atoms with van der Waals surface area (Å²) in [6.07, 6.45) is 0. The first-order chi connectivity index (χ1) is 1.73. The molecule has 0 heterocycles. The Morgan fingerprint density at radius 1 is 1.50 bits per heavy atom. The van der Waals surface area contributed by atoms with E-state index in [-0.39, 0.29) is 3.79 Å². The number of hydrogen-bond donors (Lipinski definition) is 0. The lowest BCUT2D eigenvalue weighted by atomic mass is 11.9. The van der Waals surface area contributed by atoms with E-state index in [1.165, 1.54) is 0 Å². The van der Waals surface area contributed by atoms with Crippen molar-refractivity contribution in [3.05, 3.63) is 0 Å². The third-order valence-electron chi connectivity index (χ3n) is 0. The SMILES string of the molecule is C[SiH](I)I. The van der Waals surface area contributed by atoms with Crippen LogP contribution in [0.4, 0.5) is 0 Å². The molecule has 0 aromatic carbocycles. The monoisotopic (exact) mass is 298 g/mol. The number of rotatable bonds is 0. The van der Waals surface area contributed by atoms with Crippen molar-refractivity contribution in [1.82, 2.24) is 0 Å². The Morgan fingerprint density at radius 2 is 1.50 bits per heavy atom. The van der Waals surface area contributed by atoms with E-state index in [4.69, 9.17) is 0 Å². The van der Waals surface area contributed by atoms with Gasteiger partial charge in [0, 0.05) is 0 Å². The second kappa shape index (κ2) is 2.89. The zero-order valence-electron chi connectivity index (χ0n) is 2.33. The highest BCUT2D eigenvalue weighted by atomic mass is 127. The topological polar surface area (TPSA) is 0 Å². The summed E-state index contributed by atoms with van der Waals surface area (Å²) in [5.41, 5.74) is 0. The Balaban J connectivity index is 2.32. The summed E-state index contributed by atoms with van der Waals surface area (Å²) >= 11 is 4.94. The first kappa shape index (κ1) is 5.68. The van der Waals surface area contributed by atoms with Crippen LogP contribution in [0.15, 0.2) is 0 Å². The Labute approximate surface area is 53.4 Å². The molecule has 0 aromatic rings. The first-order valence-electron chi connectivity index (χ1n) is 1.01. The zero-order chi connectivity index (χ0) is 3.58. The van der Waals surface area contributed by atoms with Crippen LogP contribution in [0.3, 0.4) is 0 Å². The Kier molecular flexibility index (Phi) is 4.10. The van der Waals surface area contributed by atoms with Crippen LogP contribution in [-0.4, -0.2) is 3.79 Å². The predicted molar refractivity (Wildman–Crippen MR) is 41.1 cm³/mol. The van der Waals surface area contributed by atoms with Crippen molar-refractivity contribution in [3.63, 3.8) is 0 Å². The molecule has 0 rings (SSSR count). The first-order valence-corrected chi connectivity index (χ1v) is 10.5. The molecule has 0 aliphatic carbocycles. The molecular weight excluding hydrogens is 294 g/mol. The molecule has 0 nitrogen and oxygen atoms in total. The molecule has 0 atom stereocenters. The molecule has 0 aliphatic heterocycles. The maximum atomic E-state index is 2.47. The van der Waals surface area contributed by atoms with Crippen LogP contribution >= 0.6 is 43.6 Å². The summed E-state index contributed by atoms with van der Waals surface area (Å²) in [6, 6.07) is 0. The van der Waals surface area contributed by atoms with Crippen LogP contribution in [-0.2, 0) is 0 Å². The van der Waals surface area contributed by atoms with Crippen molar-refractivity contribution in [2.45, 2.75) is 6.55 Å². The summed E-state index contributed by atoms with van der Waals surface area (Å²) in [6.45, 7) is 2.28. The third kappa shape index (κ3) is 9.37. The number of hydrogen-bond acceptors (Lipinski definition) is 0. The summed E-state index contributed by atoms with van der Waals surface area (Å²) < 4.78 is -0.199. The maximum absolute atomic E-state index is 2.47. The van der Waals surface area contributed by atoms with E-state index in [1.807, 2.05) is 0 Å². The summed E-state index contributed by atoms with van der Waals surface area (Å²) in [5, 5.41) is 0. The third-order valence-corrected chi connectivity index (χ3v) is 0. The predicted octanol–water partition coefficient (Wildman–Crippen LogP) is 1.71. The van der Waals surface area contributed by atoms with E-state index in [2.05, 4.69) is 50.1 Å². The van der Waals surface area contributed by atoms with Crippen molar-refractivity contribution in [2.24, 2.45) is 0 Å². The smallest absolute Gasteiger partial charge is 0.109 e. The fourth-order valence-corrected chi connectivity index (χ4v) is 0. The Hall–Kier alpha value is 1.68. The quantitative estimate of drug-likeness (QED) is 0.363. The highest BCUT2D eigenvalue weighted by Crippen LogP contribution is 1.99. The molecule has 4 heavy (non-hydrogen) atoms. The molecule has 0 radical (unpaired) electrons. The van der Waals surface area contributed by atoms with Crippen molar-refractivity contribution in [3.8, 4) is 0 Å². The zero-order valence-corrected chi connectivity index (χ0v) is 7.80. The second-order valence-corrected chi connectivity index (χ2v) is 19.9. The van der Waals surface area contributed by atoms with Crippen LogP contribution in [0.1, 0.15) is 0 Å². The van der Waals surface area contributed by atoms with Gasteiger partial charge in [0.2, 0.25) is 0 Å². The minimum Gasteiger partial charge on any atom is -0.109 e. The van der Waals surface area contributed by atoms with E-state index < -0.39 is 0 Å². The Morgan fingerprint density at radius 3 is 1.50 bits per heavy atom. The molecular formula is CH4I2Si. The average Bonchev–Trinajstić information content (AvgIpc) is 0.811. The van der Waals surface area contributed by atoms with E-state index in [9.17, 15) is 0 Å². The molecule has 0 aromatic heterocycles. The van der Waals surface area contributed by atoms with Crippen molar-refractivity contribution in [1.29, 1.82) is 0 Å². The van der Waals surface area contributed by atoms with Gasteiger partial charge in [0.15, 0.2) is 3.79 Å². The van der Waals surface area contributed by atoms with E-state index in [0.717, 1.165) is 0 Å². The molecule has 0 saturated heterocycles. The molecule has 0 fully saturated rings. The van der Waals surface area contributed by atoms with Crippen LogP contribution in [0.2, 0.25) is 6.55 Å². The normalized spacial score (nSPS) is 9.00. The lowest BCUT2D eigenvalue weighted by Gasteiger charge is -1.69. The minimum atomic E-state index is -0.199. The molecule has 26 valence electrons. The van der Waals surface area contributed by atoms with Crippen molar-refractivity contribution >= 4 is 47.4 Å². The van der Waals surface area contributed by atoms with Crippen molar-refractivity contribution in [2.75, 3.05) is 0 Å². The van der Waals surface area contributed by atoms with Gasteiger partial charge in [0.25, 0.3) is 0 Å². The molecule has 3 heteroatoms. The van der Waals surface area contributed by atoms with Crippen molar-refractivity contribution < 1.29 is 0 Å². The summed E-state index contributed by atoms with van der Waals surface area (Å²) in [4.78, 5) is 0. The van der Waals surface area contributed by atoms with Gasteiger partial charge in [0.05, 0.1) is 0 Å². The van der Waals surface area contributed by atoms with Crippen LogP contribution in [0.25, 0.3) is 0 Å². The highest BCUT2D eigenvalue weighted by molar-refractivity contribution is 14.3. The minimum absolute atomic E-state index is 0.199. The van der Waals surface area contributed by atoms with Gasteiger partial charge in [-0.15, -0.1) is 43.6 Å². The van der Waals surface area contributed by atoms with Gasteiger partial charge in [-0.1, -0.05) is 6.55 Å². The molecule has 0 unspecified atom stereocenters. The lowest BCUT2D eigenvalue weighted by molar-refractivity contribution is 2.38. The van der Waals surface area contributed by atoms with E-state index >= 15 is 0 Å². The van der Waals surface area contributed by atoms with Gasteiger partial charge in [-0.2, -0.15) is 0 Å². The van der Waals surface area contributed by atoms with Gasteiger partial charge in [-0.3, -0.25) is 0 Å². The van der Waals surface area contributed by atoms with Crippen LogP contribution < -0.4 is 0 Å². The molecule has 0 bridgehead atoms. The second-order valence-electron chi connectivity index (χ2n) is 0.519. The van der Waals surface area contributed by atoms with E-state index in [1.54, 1.807) is 0 Å². The van der Waals surface area contributed by atoms with Gasteiger partial charge in [0.1, 0.15) is 0 Å². The molecule has 0 aliphatic rings. The average molecular weight is 298 g/mol. The highest BCUT2D eigenvalue weighted by Gasteiger charge is 1.78. The van der Waals surface area contributed by atoms with Gasteiger partial charge >= 0.3 is 0 Å². The fourth-order valence-electron chi connectivity index (χ4n) is 0. The van der Waals surface area contributed by atoms with Gasteiger partial charge in [-0.25, -0.2) is 0 Å². The standard InChI is InChI=1S/CH4I2Si/c1-4(2)3/h4H,1H3. The molecule has 0 N–H and O–H groups in total. The largest absolute Gasteiger partial charge is 0.174 e. The Bertz CT molecular complexity index is 10.8. The number of halogens is 2. The van der Waals surface area contributed by atoms with Crippen LogP contribution in [0.5, 0.6) is 0 Å². The van der Waals surface area contributed by atoms with Gasteiger partial charge in [-0.05, 0) is 0 Å².